The molecule has 0 radical (unpaired) electrons. The molecule has 0 unspecified atom stereocenters. The highest BCUT2D eigenvalue weighted by molar-refractivity contribution is 7.89. The molecule has 1 aliphatic rings. The minimum atomic E-state index is -3.77. The summed E-state index contributed by atoms with van der Waals surface area (Å²) in [6.45, 7) is 2.37. The highest BCUT2D eigenvalue weighted by atomic mass is 35.5. The zero-order chi connectivity index (χ0) is 20.3. The molecule has 6 nitrogen and oxygen atoms in total. The minimum absolute atomic E-state index is 0.0709. The first-order chi connectivity index (χ1) is 13.3. The normalized spacial score (nSPS) is 16.1. The molecule has 0 bridgehead atoms. The van der Waals surface area contributed by atoms with Crippen molar-refractivity contribution in [1.29, 1.82) is 0 Å². The Balaban J connectivity index is 1.69. The second-order valence-electron chi connectivity index (χ2n) is 6.43. The summed E-state index contributed by atoms with van der Waals surface area (Å²) in [4.78, 5) is 2.08. The van der Waals surface area contributed by atoms with E-state index in [1.165, 1.54) is 10.4 Å². The van der Waals surface area contributed by atoms with Gasteiger partial charge in [-0.25, -0.2) is 12.8 Å². The van der Waals surface area contributed by atoms with E-state index < -0.39 is 15.8 Å². The van der Waals surface area contributed by atoms with Crippen LogP contribution in [0.1, 0.15) is 5.56 Å². The van der Waals surface area contributed by atoms with E-state index in [0.29, 0.717) is 32.7 Å². The molecular formula is C19H22ClFN2O4S. The first-order valence-corrected chi connectivity index (χ1v) is 10.6. The number of nitrogens with zero attached hydrogens (tertiary/aromatic N) is 2. The highest BCUT2D eigenvalue weighted by Crippen LogP contribution is 2.28. The van der Waals surface area contributed by atoms with Crippen LogP contribution in [0.5, 0.6) is 11.5 Å². The Labute approximate surface area is 169 Å². The van der Waals surface area contributed by atoms with Crippen molar-refractivity contribution in [3.63, 3.8) is 0 Å². The first-order valence-electron chi connectivity index (χ1n) is 8.73. The summed E-state index contributed by atoms with van der Waals surface area (Å²) in [5.74, 6) is 0.929. The van der Waals surface area contributed by atoms with Gasteiger partial charge in [0.15, 0.2) is 0 Å². The number of sulfonamides is 1. The Kier molecular flexibility index (Phi) is 6.44. The van der Waals surface area contributed by atoms with Crippen molar-refractivity contribution in [2.45, 2.75) is 11.4 Å². The van der Waals surface area contributed by atoms with Gasteiger partial charge in [-0.2, -0.15) is 4.31 Å². The van der Waals surface area contributed by atoms with Crippen molar-refractivity contribution in [3.8, 4) is 11.5 Å². The van der Waals surface area contributed by atoms with E-state index in [9.17, 15) is 12.8 Å². The van der Waals surface area contributed by atoms with Crippen LogP contribution in [-0.2, 0) is 16.6 Å². The Morgan fingerprint density at radius 1 is 1.04 bits per heavy atom. The lowest BCUT2D eigenvalue weighted by atomic mass is 10.1. The van der Waals surface area contributed by atoms with Gasteiger partial charge in [-0.3, -0.25) is 4.90 Å². The van der Waals surface area contributed by atoms with Gasteiger partial charge in [0.2, 0.25) is 10.0 Å². The number of methoxy groups -OCH3 is 2. The summed E-state index contributed by atoms with van der Waals surface area (Å²) in [7, 11) is -0.546. The van der Waals surface area contributed by atoms with Crippen LogP contribution in [0.15, 0.2) is 41.3 Å². The molecular weight excluding hydrogens is 407 g/mol. The number of ether oxygens (including phenoxy) is 2. The van der Waals surface area contributed by atoms with E-state index in [1.807, 2.05) is 18.2 Å². The number of halogens is 2. The average molecular weight is 429 g/mol. The molecule has 0 N–H and O–H groups in total. The maximum atomic E-state index is 13.2. The van der Waals surface area contributed by atoms with Crippen LogP contribution in [0.3, 0.4) is 0 Å². The van der Waals surface area contributed by atoms with Gasteiger partial charge in [-0.15, -0.1) is 0 Å². The molecule has 1 heterocycles. The Hall–Kier alpha value is -1.87. The van der Waals surface area contributed by atoms with Crippen molar-refractivity contribution in [2.24, 2.45) is 0 Å². The summed E-state index contributed by atoms with van der Waals surface area (Å²) in [5.41, 5.74) is 0.972. The zero-order valence-corrected chi connectivity index (χ0v) is 17.3. The van der Waals surface area contributed by atoms with E-state index in [2.05, 4.69) is 4.90 Å². The van der Waals surface area contributed by atoms with Gasteiger partial charge in [0.05, 0.1) is 19.2 Å². The third-order valence-corrected chi connectivity index (χ3v) is 7.11. The molecule has 0 atom stereocenters. The smallest absolute Gasteiger partial charge is 0.244 e. The predicted molar refractivity (Wildman–Crippen MR) is 105 cm³/mol. The third kappa shape index (κ3) is 4.41. The molecule has 2 aromatic rings. The topological polar surface area (TPSA) is 59.1 Å². The van der Waals surface area contributed by atoms with Gasteiger partial charge in [0.25, 0.3) is 0 Å². The molecule has 9 heteroatoms. The number of benzene rings is 2. The van der Waals surface area contributed by atoms with Crippen LogP contribution in [0, 0.1) is 5.82 Å². The van der Waals surface area contributed by atoms with Crippen molar-refractivity contribution >= 4 is 21.6 Å². The summed E-state index contributed by atoms with van der Waals surface area (Å²) < 4.78 is 51.0. The van der Waals surface area contributed by atoms with E-state index >= 15 is 0 Å². The maximum Gasteiger partial charge on any atom is 0.244 e. The Morgan fingerprint density at radius 3 is 2.36 bits per heavy atom. The summed E-state index contributed by atoms with van der Waals surface area (Å²) in [6.07, 6.45) is 0. The van der Waals surface area contributed by atoms with Crippen LogP contribution in [0.2, 0.25) is 5.02 Å². The Morgan fingerprint density at radius 2 is 1.75 bits per heavy atom. The molecule has 0 aromatic heterocycles. The van der Waals surface area contributed by atoms with Crippen molar-refractivity contribution in [2.75, 3.05) is 40.4 Å². The standard InChI is InChI=1S/C19H22ClFN2O4S/c1-26-16-4-5-18(27-2)14(11-16)13-22-7-9-23(10-8-22)28(24,25)19-6-3-15(21)12-17(19)20/h3-6,11-12H,7-10,13H2,1-2H3. The lowest BCUT2D eigenvalue weighted by molar-refractivity contribution is 0.180. The number of piperazine rings is 1. The van der Waals surface area contributed by atoms with Gasteiger partial charge in [-0.05, 0) is 36.4 Å². The average Bonchev–Trinajstić information content (AvgIpc) is 2.68. The van der Waals surface area contributed by atoms with Crippen molar-refractivity contribution < 1.29 is 22.3 Å². The fraction of sp³-hybridized carbons (Fsp3) is 0.368. The molecule has 28 heavy (non-hydrogen) atoms. The fourth-order valence-electron chi connectivity index (χ4n) is 3.20. The number of rotatable bonds is 6. The number of hydrogen-bond donors (Lipinski definition) is 0. The quantitative estimate of drug-likeness (QED) is 0.707. The van der Waals surface area contributed by atoms with Crippen molar-refractivity contribution in [1.82, 2.24) is 9.21 Å². The fourth-order valence-corrected chi connectivity index (χ4v) is 5.13. The second-order valence-corrected chi connectivity index (χ2v) is 8.75. The van der Waals surface area contributed by atoms with Crippen LogP contribution >= 0.6 is 11.6 Å². The lowest BCUT2D eigenvalue weighted by Gasteiger charge is -2.34. The van der Waals surface area contributed by atoms with Crippen LogP contribution in [-0.4, -0.2) is 58.0 Å². The maximum absolute atomic E-state index is 13.2. The largest absolute Gasteiger partial charge is 0.497 e. The molecule has 1 fully saturated rings. The van der Waals surface area contributed by atoms with Crippen LogP contribution in [0.4, 0.5) is 4.39 Å². The van der Waals surface area contributed by atoms with Gasteiger partial charge in [0, 0.05) is 38.3 Å². The third-order valence-electron chi connectivity index (χ3n) is 4.72. The molecule has 1 aliphatic heterocycles. The second kappa shape index (κ2) is 8.65. The van der Waals surface area contributed by atoms with Gasteiger partial charge >= 0.3 is 0 Å². The van der Waals surface area contributed by atoms with Crippen LogP contribution < -0.4 is 9.47 Å². The van der Waals surface area contributed by atoms with E-state index in [4.69, 9.17) is 21.1 Å². The SMILES string of the molecule is COc1ccc(OC)c(CN2CCN(S(=O)(=O)c3ccc(F)cc3Cl)CC2)c1. The number of hydrogen-bond acceptors (Lipinski definition) is 5. The molecule has 0 saturated carbocycles. The molecule has 0 aliphatic carbocycles. The highest BCUT2D eigenvalue weighted by Gasteiger charge is 2.30. The summed E-state index contributed by atoms with van der Waals surface area (Å²) in [6, 6.07) is 8.93. The molecule has 152 valence electrons. The summed E-state index contributed by atoms with van der Waals surface area (Å²) in [5, 5.41) is -0.108. The molecule has 1 saturated heterocycles. The van der Waals surface area contributed by atoms with E-state index in [1.54, 1.807) is 14.2 Å². The molecule has 2 aromatic carbocycles. The molecule has 0 amide bonds. The lowest BCUT2D eigenvalue weighted by Crippen LogP contribution is -2.48. The van der Waals surface area contributed by atoms with E-state index in [0.717, 1.165) is 29.2 Å². The minimum Gasteiger partial charge on any atom is -0.497 e. The van der Waals surface area contributed by atoms with E-state index in [-0.39, 0.29) is 9.92 Å². The molecule has 0 spiro atoms. The van der Waals surface area contributed by atoms with Gasteiger partial charge < -0.3 is 9.47 Å². The first kappa shape index (κ1) is 20.9. The van der Waals surface area contributed by atoms with Crippen molar-refractivity contribution in [3.05, 3.63) is 52.8 Å². The van der Waals surface area contributed by atoms with Gasteiger partial charge in [0.1, 0.15) is 22.2 Å². The predicted octanol–water partition coefficient (Wildman–Crippen LogP) is 3.00. The zero-order valence-electron chi connectivity index (χ0n) is 15.7. The molecule has 3 rings (SSSR count). The summed E-state index contributed by atoms with van der Waals surface area (Å²) >= 11 is 5.95. The Bertz CT molecular complexity index is 947. The monoisotopic (exact) mass is 428 g/mol. The van der Waals surface area contributed by atoms with Gasteiger partial charge in [-0.1, -0.05) is 11.6 Å². The van der Waals surface area contributed by atoms with Crippen LogP contribution in [0.25, 0.3) is 0 Å².